The Morgan fingerprint density at radius 1 is 1.45 bits per heavy atom. The molecule has 5 nitrogen and oxygen atoms in total. The van der Waals surface area contributed by atoms with Gasteiger partial charge in [-0.15, -0.1) is 0 Å². The van der Waals surface area contributed by atoms with E-state index in [1.807, 2.05) is 26.2 Å². The third-order valence-electron chi connectivity index (χ3n) is 2.96. The maximum Gasteiger partial charge on any atom is 0.356 e. The van der Waals surface area contributed by atoms with Crippen molar-refractivity contribution in [2.75, 3.05) is 5.32 Å². The Balaban J connectivity index is 2.23. The quantitative estimate of drug-likeness (QED) is 0.884. The van der Waals surface area contributed by atoms with Gasteiger partial charge in [0, 0.05) is 12.5 Å². The standard InChI is InChI=1S/C14H17N3O2S/c1-8(2)13-16-5-11(12(17-13)14(18)19)15-4-10-7-20-6-9(10)3/h5-8,15H,4H2,1-3H3,(H,18,19). The lowest BCUT2D eigenvalue weighted by Gasteiger charge is -2.11. The Hall–Kier alpha value is -1.95. The van der Waals surface area contributed by atoms with E-state index in [0.29, 0.717) is 18.1 Å². The molecule has 0 spiro atoms. The molecular formula is C14H17N3O2S. The Morgan fingerprint density at radius 2 is 2.20 bits per heavy atom. The number of nitrogens with zero attached hydrogens (tertiary/aromatic N) is 2. The molecule has 2 aromatic heterocycles. The van der Waals surface area contributed by atoms with Gasteiger partial charge in [-0.2, -0.15) is 11.3 Å². The van der Waals surface area contributed by atoms with Crippen molar-refractivity contribution in [2.24, 2.45) is 0 Å². The smallest absolute Gasteiger partial charge is 0.356 e. The molecule has 0 saturated heterocycles. The number of rotatable bonds is 5. The van der Waals surface area contributed by atoms with Crippen LogP contribution in [0.25, 0.3) is 0 Å². The summed E-state index contributed by atoms with van der Waals surface area (Å²) in [4.78, 5) is 19.6. The third kappa shape index (κ3) is 3.14. The highest BCUT2D eigenvalue weighted by Gasteiger charge is 2.15. The molecule has 2 heterocycles. The number of carboxylic acid groups (broad SMARTS) is 1. The summed E-state index contributed by atoms with van der Waals surface area (Å²) >= 11 is 1.63. The Kier molecular flexibility index (Phi) is 4.34. The van der Waals surface area contributed by atoms with Gasteiger partial charge in [-0.25, -0.2) is 14.8 Å². The van der Waals surface area contributed by atoms with Crippen molar-refractivity contribution in [1.82, 2.24) is 9.97 Å². The maximum absolute atomic E-state index is 11.3. The van der Waals surface area contributed by atoms with E-state index in [1.54, 1.807) is 17.5 Å². The summed E-state index contributed by atoms with van der Waals surface area (Å²) in [6, 6.07) is 0. The van der Waals surface area contributed by atoms with Crippen molar-refractivity contribution < 1.29 is 9.90 Å². The van der Waals surface area contributed by atoms with Gasteiger partial charge in [0.2, 0.25) is 0 Å². The molecule has 0 aromatic carbocycles. The largest absolute Gasteiger partial charge is 0.476 e. The first-order chi connectivity index (χ1) is 9.49. The van der Waals surface area contributed by atoms with E-state index >= 15 is 0 Å². The number of carbonyl (C=O) groups is 1. The first-order valence-electron chi connectivity index (χ1n) is 6.34. The van der Waals surface area contributed by atoms with Gasteiger partial charge < -0.3 is 10.4 Å². The van der Waals surface area contributed by atoms with Crippen LogP contribution in [0.4, 0.5) is 5.69 Å². The van der Waals surface area contributed by atoms with E-state index in [-0.39, 0.29) is 11.6 Å². The summed E-state index contributed by atoms with van der Waals surface area (Å²) in [6.45, 7) is 6.47. The Bertz CT molecular complexity index is 623. The van der Waals surface area contributed by atoms with Gasteiger partial charge in [0.25, 0.3) is 0 Å². The highest BCUT2D eigenvalue weighted by atomic mass is 32.1. The predicted molar refractivity (Wildman–Crippen MR) is 79.5 cm³/mol. The number of aromatic nitrogens is 2. The van der Waals surface area contributed by atoms with Gasteiger partial charge in [-0.05, 0) is 28.8 Å². The Morgan fingerprint density at radius 3 is 2.75 bits per heavy atom. The second-order valence-electron chi connectivity index (χ2n) is 4.88. The van der Waals surface area contributed by atoms with Crippen LogP contribution in [0.2, 0.25) is 0 Å². The van der Waals surface area contributed by atoms with Gasteiger partial charge in [-0.3, -0.25) is 0 Å². The summed E-state index contributed by atoms with van der Waals surface area (Å²) < 4.78 is 0. The topological polar surface area (TPSA) is 75.1 Å². The normalized spacial score (nSPS) is 10.8. The van der Waals surface area contributed by atoms with Crippen LogP contribution < -0.4 is 5.32 Å². The summed E-state index contributed by atoms with van der Waals surface area (Å²) in [7, 11) is 0. The number of aryl methyl sites for hydroxylation is 1. The van der Waals surface area contributed by atoms with Crippen LogP contribution in [-0.2, 0) is 6.54 Å². The maximum atomic E-state index is 11.3. The molecule has 106 valence electrons. The first-order valence-corrected chi connectivity index (χ1v) is 7.29. The average molecular weight is 291 g/mol. The highest BCUT2D eigenvalue weighted by molar-refractivity contribution is 7.08. The molecule has 0 aliphatic heterocycles. The summed E-state index contributed by atoms with van der Waals surface area (Å²) in [5.41, 5.74) is 2.82. The number of thiophene rings is 1. The molecule has 0 aliphatic rings. The van der Waals surface area contributed by atoms with Crippen molar-refractivity contribution in [3.05, 3.63) is 39.6 Å². The lowest BCUT2D eigenvalue weighted by Crippen LogP contribution is -2.12. The summed E-state index contributed by atoms with van der Waals surface area (Å²) in [5, 5.41) is 16.5. The van der Waals surface area contributed by atoms with E-state index in [0.717, 1.165) is 5.56 Å². The summed E-state index contributed by atoms with van der Waals surface area (Å²) in [6.07, 6.45) is 1.55. The minimum absolute atomic E-state index is 0.0246. The van der Waals surface area contributed by atoms with Crippen LogP contribution in [0.3, 0.4) is 0 Å². The molecule has 2 N–H and O–H groups in total. The first kappa shape index (κ1) is 14.5. The minimum Gasteiger partial charge on any atom is -0.476 e. The van der Waals surface area contributed by atoms with Crippen molar-refractivity contribution >= 4 is 23.0 Å². The molecule has 6 heteroatoms. The van der Waals surface area contributed by atoms with Crippen LogP contribution in [0, 0.1) is 6.92 Å². The van der Waals surface area contributed by atoms with E-state index < -0.39 is 5.97 Å². The fraction of sp³-hybridized carbons (Fsp3) is 0.357. The fourth-order valence-corrected chi connectivity index (χ4v) is 2.58. The lowest BCUT2D eigenvalue weighted by molar-refractivity contribution is 0.0691. The Labute approximate surface area is 121 Å². The van der Waals surface area contributed by atoms with E-state index in [1.165, 1.54) is 5.56 Å². The van der Waals surface area contributed by atoms with Gasteiger partial charge >= 0.3 is 5.97 Å². The zero-order valence-electron chi connectivity index (χ0n) is 11.7. The number of hydrogen-bond acceptors (Lipinski definition) is 5. The number of hydrogen-bond donors (Lipinski definition) is 2. The molecule has 0 fully saturated rings. The monoisotopic (exact) mass is 291 g/mol. The van der Waals surface area contributed by atoms with Crippen molar-refractivity contribution in [3.63, 3.8) is 0 Å². The fourth-order valence-electron chi connectivity index (χ4n) is 1.72. The molecule has 0 unspecified atom stereocenters. The second kappa shape index (κ2) is 6.00. The molecular weight excluding hydrogens is 274 g/mol. The summed E-state index contributed by atoms with van der Waals surface area (Å²) in [5.74, 6) is -0.403. The minimum atomic E-state index is -1.04. The third-order valence-corrected chi connectivity index (χ3v) is 3.87. The van der Waals surface area contributed by atoms with Crippen LogP contribution in [0.15, 0.2) is 17.0 Å². The SMILES string of the molecule is Cc1cscc1CNc1cnc(C(C)C)nc1C(=O)O. The molecule has 0 radical (unpaired) electrons. The zero-order valence-corrected chi connectivity index (χ0v) is 12.5. The number of nitrogens with one attached hydrogen (secondary N) is 1. The molecule has 0 aliphatic carbocycles. The lowest BCUT2D eigenvalue weighted by atomic mass is 10.2. The predicted octanol–water partition coefficient (Wildman–Crippen LogP) is 3.28. The van der Waals surface area contributed by atoms with Crippen LogP contribution >= 0.6 is 11.3 Å². The zero-order chi connectivity index (χ0) is 14.7. The molecule has 2 aromatic rings. The number of anilines is 1. The van der Waals surface area contributed by atoms with Crippen molar-refractivity contribution in [2.45, 2.75) is 33.2 Å². The molecule has 0 saturated carbocycles. The van der Waals surface area contributed by atoms with Crippen molar-refractivity contribution in [1.29, 1.82) is 0 Å². The van der Waals surface area contributed by atoms with E-state index in [2.05, 4.69) is 20.7 Å². The van der Waals surface area contributed by atoms with Gasteiger partial charge in [-0.1, -0.05) is 13.8 Å². The van der Waals surface area contributed by atoms with Crippen LogP contribution in [0.5, 0.6) is 0 Å². The van der Waals surface area contributed by atoms with Gasteiger partial charge in [0.05, 0.1) is 11.9 Å². The molecule has 2 rings (SSSR count). The van der Waals surface area contributed by atoms with E-state index in [9.17, 15) is 9.90 Å². The average Bonchev–Trinajstić information content (AvgIpc) is 2.81. The number of aromatic carboxylic acids is 1. The molecule has 0 atom stereocenters. The molecule has 20 heavy (non-hydrogen) atoms. The highest BCUT2D eigenvalue weighted by Crippen LogP contribution is 2.19. The molecule has 0 amide bonds. The second-order valence-corrected chi connectivity index (χ2v) is 5.63. The van der Waals surface area contributed by atoms with Gasteiger partial charge in [0.15, 0.2) is 5.69 Å². The van der Waals surface area contributed by atoms with Crippen LogP contribution in [0.1, 0.15) is 47.2 Å². The number of carboxylic acids is 1. The van der Waals surface area contributed by atoms with E-state index in [4.69, 9.17) is 0 Å². The van der Waals surface area contributed by atoms with Crippen molar-refractivity contribution in [3.8, 4) is 0 Å². The van der Waals surface area contributed by atoms with Crippen LogP contribution in [-0.4, -0.2) is 21.0 Å². The molecule has 0 bridgehead atoms. The van der Waals surface area contributed by atoms with Gasteiger partial charge in [0.1, 0.15) is 5.82 Å².